The zero-order valence-corrected chi connectivity index (χ0v) is 19.8. The molecule has 186 valence electrons. The number of aromatic nitrogens is 3. The molecule has 0 atom stereocenters. The van der Waals surface area contributed by atoms with Gasteiger partial charge in [-0.05, 0) is 44.9 Å². The summed E-state index contributed by atoms with van der Waals surface area (Å²) in [7, 11) is 0. The van der Waals surface area contributed by atoms with Gasteiger partial charge in [-0.3, -0.25) is 9.59 Å². The van der Waals surface area contributed by atoms with Gasteiger partial charge >= 0.3 is 5.97 Å². The molecule has 3 aromatic rings. The standard InChI is InChI=1S/C25H25N5O6/c1-15(2)35-21-11-18(23(31)28-19-7-5-17(14-26-19)25(33)34)12-22(29-21)36-20-8-6-16(13-27-20)24(32)30-9-3-4-10-30/h5-8,11-15H,3-4,9-10H2,1-2H3,(H,33,34)(H,26,28,31). The molecule has 0 spiro atoms. The molecule has 36 heavy (non-hydrogen) atoms. The molecule has 0 radical (unpaired) electrons. The second kappa shape index (κ2) is 10.8. The maximum absolute atomic E-state index is 12.9. The average Bonchev–Trinajstić information content (AvgIpc) is 3.39. The van der Waals surface area contributed by atoms with Crippen molar-refractivity contribution in [2.45, 2.75) is 32.8 Å². The smallest absolute Gasteiger partial charge is 0.337 e. The van der Waals surface area contributed by atoms with Crippen LogP contribution in [0.2, 0.25) is 0 Å². The molecule has 2 amide bonds. The number of likely N-dealkylation sites (tertiary alicyclic amines) is 1. The van der Waals surface area contributed by atoms with Gasteiger partial charge in [0.05, 0.1) is 22.8 Å². The van der Waals surface area contributed by atoms with E-state index in [4.69, 9.17) is 14.6 Å². The third kappa shape index (κ3) is 6.12. The highest BCUT2D eigenvalue weighted by atomic mass is 16.5. The summed E-state index contributed by atoms with van der Waals surface area (Å²) < 4.78 is 11.4. The fraction of sp³-hybridized carbons (Fsp3) is 0.280. The Morgan fingerprint density at radius 3 is 2.22 bits per heavy atom. The molecule has 1 aliphatic rings. The van der Waals surface area contributed by atoms with E-state index in [1.165, 1.54) is 30.5 Å². The lowest BCUT2D eigenvalue weighted by Gasteiger charge is -2.15. The Balaban J connectivity index is 1.52. The van der Waals surface area contributed by atoms with Crippen LogP contribution in [0.1, 0.15) is 57.8 Å². The van der Waals surface area contributed by atoms with Crippen LogP contribution in [0.25, 0.3) is 0 Å². The van der Waals surface area contributed by atoms with Gasteiger partial charge in [-0.15, -0.1) is 0 Å². The minimum absolute atomic E-state index is 0.000800. The van der Waals surface area contributed by atoms with E-state index in [1.807, 2.05) is 13.8 Å². The lowest BCUT2D eigenvalue weighted by molar-refractivity contribution is 0.0695. The van der Waals surface area contributed by atoms with E-state index < -0.39 is 11.9 Å². The number of hydrogen-bond donors (Lipinski definition) is 2. The Labute approximate surface area is 207 Å². The van der Waals surface area contributed by atoms with Crippen molar-refractivity contribution in [1.29, 1.82) is 0 Å². The van der Waals surface area contributed by atoms with Crippen LogP contribution >= 0.6 is 0 Å². The van der Waals surface area contributed by atoms with Crippen LogP contribution in [0.3, 0.4) is 0 Å². The lowest BCUT2D eigenvalue weighted by Crippen LogP contribution is -2.27. The van der Waals surface area contributed by atoms with Crippen molar-refractivity contribution >= 4 is 23.6 Å². The summed E-state index contributed by atoms with van der Waals surface area (Å²) in [6.07, 6.45) is 4.39. The molecule has 2 N–H and O–H groups in total. The highest BCUT2D eigenvalue weighted by molar-refractivity contribution is 6.04. The summed E-state index contributed by atoms with van der Waals surface area (Å²) >= 11 is 0. The second-order valence-electron chi connectivity index (χ2n) is 8.38. The van der Waals surface area contributed by atoms with Gasteiger partial charge in [-0.25, -0.2) is 14.8 Å². The van der Waals surface area contributed by atoms with Crippen LogP contribution < -0.4 is 14.8 Å². The Hall–Kier alpha value is -4.54. The number of amides is 2. The topological polar surface area (TPSA) is 144 Å². The first-order valence-electron chi connectivity index (χ1n) is 11.4. The number of hydrogen-bond acceptors (Lipinski definition) is 8. The van der Waals surface area contributed by atoms with Gasteiger partial charge in [0.15, 0.2) is 0 Å². The summed E-state index contributed by atoms with van der Waals surface area (Å²) in [4.78, 5) is 50.6. The lowest BCUT2D eigenvalue weighted by atomic mass is 10.2. The van der Waals surface area contributed by atoms with Crippen LogP contribution in [0.5, 0.6) is 17.6 Å². The molecule has 0 aromatic carbocycles. The summed E-state index contributed by atoms with van der Waals surface area (Å²) in [6.45, 7) is 5.13. The predicted molar refractivity (Wildman–Crippen MR) is 129 cm³/mol. The molecule has 0 bridgehead atoms. The van der Waals surface area contributed by atoms with Gasteiger partial charge < -0.3 is 24.8 Å². The maximum atomic E-state index is 12.9. The van der Waals surface area contributed by atoms with Gasteiger partial charge in [0, 0.05) is 43.7 Å². The molecular weight excluding hydrogens is 466 g/mol. The zero-order valence-electron chi connectivity index (χ0n) is 19.8. The highest BCUT2D eigenvalue weighted by Crippen LogP contribution is 2.24. The minimum Gasteiger partial charge on any atom is -0.478 e. The fourth-order valence-corrected chi connectivity index (χ4v) is 3.53. The van der Waals surface area contributed by atoms with Crippen LogP contribution in [0.4, 0.5) is 5.82 Å². The molecule has 4 heterocycles. The number of nitrogens with one attached hydrogen (secondary N) is 1. The molecule has 1 aliphatic heterocycles. The molecule has 4 rings (SSSR count). The summed E-state index contributed by atoms with van der Waals surface area (Å²) in [5, 5.41) is 11.6. The number of nitrogens with zero attached hydrogens (tertiary/aromatic N) is 4. The maximum Gasteiger partial charge on any atom is 0.337 e. The van der Waals surface area contributed by atoms with Crippen molar-refractivity contribution in [2.24, 2.45) is 0 Å². The molecule has 3 aromatic heterocycles. The van der Waals surface area contributed by atoms with Crippen LogP contribution in [0, 0.1) is 0 Å². The third-order valence-electron chi connectivity index (χ3n) is 5.23. The molecule has 11 nitrogen and oxygen atoms in total. The van der Waals surface area contributed by atoms with E-state index in [0.717, 1.165) is 32.1 Å². The Morgan fingerprint density at radius 2 is 1.61 bits per heavy atom. The fourth-order valence-electron chi connectivity index (χ4n) is 3.53. The second-order valence-corrected chi connectivity index (χ2v) is 8.38. The van der Waals surface area contributed by atoms with Crippen LogP contribution in [0.15, 0.2) is 48.8 Å². The van der Waals surface area contributed by atoms with Crippen molar-refractivity contribution in [3.8, 4) is 17.6 Å². The van der Waals surface area contributed by atoms with Gasteiger partial charge in [0.2, 0.25) is 17.6 Å². The first kappa shape index (κ1) is 24.6. The van der Waals surface area contributed by atoms with Crippen molar-refractivity contribution in [2.75, 3.05) is 18.4 Å². The Bertz CT molecular complexity index is 1250. The number of anilines is 1. The summed E-state index contributed by atoms with van der Waals surface area (Å²) in [6, 6.07) is 8.80. The number of carbonyl (C=O) groups is 3. The largest absolute Gasteiger partial charge is 0.478 e. The first-order valence-corrected chi connectivity index (χ1v) is 11.4. The minimum atomic E-state index is -1.12. The molecule has 1 fully saturated rings. The predicted octanol–water partition coefficient (Wildman–Crippen LogP) is 3.64. The first-order chi connectivity index (χ1) is 17.3. The number of aromatic carboxylic acids is 1. The molecule has 11 heteroatoms. The molecule has 0 unspecified atom stereocenters. The van der Waals surface area contributed by atoms with E-state index in [0.29, 0.717) is 5.56 Å². The van der Waals surface area contributed by atoms with E-state index in [2.05, 4.69) is 20.3 Å². The van der Waals surface area contributed by atoms with Crippen molar-refractivity contribution in [1.82, 2.24) is 19.9 Å². The van der Waals surface area contributed by atoms with Gasteiger partial charge in [-0.2, -0.15) is 4.98 Å². The zero-order chi connectivity index (χ0) is 25.7. The van der Waals surface area contributed by atoms with Crippen molar-refractivity contribution in [3.63, 3.8) is 0 Å². The molecule has 1 saturated heterocycles. The van der Waals surface area contributed by atoms with Crippen LogP contribution in [-0.4, -0.2) is 61.9 Å². The SMILES string of the molecule is CC(C)Oc1cc(C(=O)Nc2ccc(C(=O)O)cn2)cc(Oc2ccc(C(=O)N3CCCC3)cn2)n1. The summed E-state index contributed by atoms with van der Waals surface area (Å²) in [5.74, 6) is -1.10. The van der Waals surface area contributed by atoms with Gasteiger partial charge in [-0.1, -0.05) is 0 Å². The normalized spacial score (nSPS) is 12.9. The quantitative estimate of drug-likeness (QED) is 0.482. The Kier molecular flexibility index (Phi) is 7.38. The summed E-state index contributed by atoms with van der Waals surface area (Å²) in [5.41, 5.74) is 0.650. The van der Waals surface area contributed by atoms with E-state index in [-0.39, 0.29) is 46.6 Å². The number of ether oxygens (including phenoxy) is 2. The monoisotopic (exact) mass is 491 g/mol. The number of carbonyl (C=O) groups excluding carboxylic acids is 2. The van der Waals surface area contributed by atoms with E-state index in [1.54, 1.807) is 17.0 Å². The number of carboxylic acid groups (broad SMARTS) is 1. The van der Waals surface area contributed by atoms with Gasteiger partial charge in [0.25, 0.3) is 11.8 Å². The van der Waals surface area contributed by atoms with Crippen molar-refractivity contribution < 1.29 is 29.0 Å². The molecule has 0 saturated carbocycles. The molecular formula is C25H25N5O6. The highest BCUT2D eigenvalue weighted by Gasteiger charge is 2.20. The van der Waals surface area contributed by atoms with E-state index >= 15 is 0 Å². The average molecular weight is 492 g/mol. The number of carboxylic acids is 1. The van der Waals surface area contributed by atoms with Crippen molar-refractivity contribution in [3.05, 3.63) is 65.5 Å². The number of pyridine rings is 3. The Morgan fingerprint density at radius 1 is 0.917 bits per heavy atom. The van der Waals surface area contributed by atoms with Gasteiger partial charge in [0.1, 0.15) is 5.82 Å². The third-order valence-corrected chi connectivity index (χ3v) is 5.23. The molecule has 0 aliphatic carbocycles. The van der Waals surface area contributed by atoms with E-state index in [9.17, 15) is 14.4 Å². The van der Waals surface area contributed by atoms with Crippen LogP contribution in [-0.2, 0) is 0 Å². The number of rotatable bonds is 8.